The lowest BCUT2D eigenvalue weighted by Crippen LogP contribution is -2.16. The van der Waals surface area contributed by atoms with Crippen LogP contribution in [0.3, 0.4) is 0 Å². The van der Waals surface area contributed by atoms with Crippen molar-refractivity contribution in [1.82, 2.24) is 0 Å². The Hall–Kier alpha value is -0.110. The van der Waals surface area contributed by atoms with Crippen molar-refractivity contribution in [1.29, 1.82) is 0 Å². The Morgan fingerprint density at radius 1 is 1.67 bits per heavy atom. The first-order valence-electron chi connectivity index (χ1n) is 3.38. The number of aliphatic hydroxyl groups excluding tert-OH is 1. The molecule has 0 spiro atoms. The van der Waals surface area contributed by atoms with Crippen LogP contribution in [0.25, 0.3) is 0 Å². The molecule has 1 nitrogen and oxygen atoms in total. The molecular weight excluding hydrogens is 119 g/mol. The molecule has 0 unspecified atom stereocenters. The molecular formula is C7H13FO. The molecule has 0 aliphatic heterocycles. The SMILES string of the molecule is CC[C@]1(C)C[C@]1(F)CO. The molecule has 1 aliphatic rings. The van der Waals surface area contributed by atoms with Crippen molar-refractivity contribution in [2.24, 2.45) is 5.41 Å². The minimum Gasteiger partial charge on any atom is -0.393 e. The summed E-state index contributed by atoms with van der Waals surface area (Å²) in [5.41, 5.74) is -1.47. The molecule has 0 bridgehead atoms. The molecule has 0 heterocycles. The van der Waals surface area contributed by atoms with Gasteiger partial charge < -0.3 is 5.11 Å². The summed E-state index contributed by atoms with van der Waals surface area (Å²) in [6, 6.07) is 0. The smallest absolute Gasteiger partial charge is 0.140 e. The lowest BCUT2D eigenvalue weighted by Gasteiger charge is -2.09. The van der Waals surface area contributed by atoms with Gasteiger partial charge >= 0.3 is 0 Å². The monoisotopic (exact) mass is 132 g/mol. The third kappa shape index (κ3) is 0.767. The van der Waals surface area contributed by atoms with Crippen LogP contribution >= 0.6 is 0 Å². The maximum absolute atomic E-state index is 13.0. The standard InChI is InChI=1S/C7H13FO/c1-3-6(2)4-7(6,8)5-9/h9H,3-5H2,1-2H3/t6-,7+/m1/s1. The Balaban J connectivity index is 2.54. The fourth-order valence-electron chi connectivity index (χ4n) is 1.26. The van der Waals surface area contributed by atoms with Crippen molar-refractivity contribution >= 4 is 0 Å². The van der Waals surface area contributed by atoms with Crippen LogP contribution in [0, 0.1) is 5.41 Å². The second kappa shape index (κ2) is 1.69. The highest BCUT2D eigenvalue weighted by Gasteiger charge is 2.64. The molecule has 2 heteroatoms. The summed E-state index contributed by atoms with van der Waals surface area (Å²) in [6.45, 7) is 3.53. The fraction of sp³-hybridized carbons (Fsp3) is 1.00. The molecule has 1 N–H and O–H groups in total. The molecule has 2 atom stereocenters. The zero-order valence-electron chi connectivity index (χ0n) is 5.95. The van der Waals surface area contributed by atoms with Crippen molar-refractivity contribution in [3.05, 3.63) is 0 Å². The average Bonchev–Trinajstić information content (AvgIpc) is 2.39. The van der Waals surface area contributed by atoms with Crippen LogP contribution in [0.4, 0.5) is 4.39 Å². The van der Waals surface area contributed by atoms with Crippen molar-refractivity contribution in [3.63, 3.8) is 0 Å². The molecule has 1 saturated carbocycles. The second-order valence-corrected chi connectivity index (χ2v) is 3.21. The number of hydrogen-bond acceptors (Lipinski definition) is 1. The van der Waals surface area contributed by atoms with E-state index in [4.69, 9.17) is 5.11 Å². The first-order valence-corrected chi connectivity index (χ1v) is 3.38. The van der Waals surface area contributed by atoms with Crippen LogP contribution < -0.4 is 0 Å². The van der Waals surface area contributed by atoms with E-state index in [9.17, 15) is 4.39 Å². The summed E-state index contributed by atoms with van der Waals surface area (Å²) in [7, 11) is 0. The summed E-state index contributed by atoms with van der Waals surface area (Å²) in [5, 5.41) is 8.56. The molecule has 0 aromatic rings. The van der Waals surface area contributed by atoms with Crippen molar-refractivity contribution in [3.8, 4) is 0 Å². The molecule has 0 radical (unpaired) electrons. The Bertz CT molecular complexity index is 112. The van der Waals surface area contributed by atoms with Gasteiger partial charge in [0, 0.05) is 5.41 Å². The van der Waals surface area contributed by atoms with Gasteiger partial charge in [-0.3, -0.25) is 0 Å². The van der Waals surface area contributed by atoms with E-state index in [1.807, 2.05) is 13.8 Å². The van der Waals surface area contributed by atoms with Crippen LogP contribution in [-0.4, -0.2) is 17.4 Å². The Labute approximate surface area is 54.9 Å². The van der Waals surface area contributed by atoms with Crippen LogP contribution in [0.2, 0.25) is 0 Å². The summed E-state index contributed by atoms with van der Waals surface area (Å²) in [6.07, 6.45) is 1.36. The van der Waals surface area contributed by atoms with Crippen molar-refractivity contribution in [2.75, 3.05) is 6.61 Å². The van der Waals surface area contributed by atoms with Crippen molar-refractivity contribution < 1.29 is 9.50 Å². The summed E-state index contributed by atoms with van der Waals surface area (Å²) < 4.78 is 13.0. The molecule has 0 aromatic heterocycles. The lowest BCUT2D eigenvalue weighted by atomic mass is 10.0. The van der Waals surface area contributed by atoms with E-state index in [-0.39, 0.29) is 12.0 Å². The minimum absolute atomic E-state index is 0.220. The van der Waals surface area contributed by atoms with Gasteiger partial charge in [0.25, 0.3) is 0 Å². The average molecular weight is 132 g/mol. The maximum atomic E-state index is 13.0. The van der Waals surface area contributed by atoms with Crippen LogP contribution in [0.5, 0.6) is 0 Å². The topological polar surface area (TPSA) is 20.2 Å². The molecule has 0 amide bonds. The first-order chi connectivity index (χ1) is 4.08. The number of hydrogen-bond donors (Lipinski definition) is 1. The molecule has 1 aliphatic carbocycles. The zero-order chi connectivity index (χ0) is 7.12. The van der Waals surface area contributed by atoms with Gasteiger partial charge in [-0.2, -0.15) is 0 Å². The van der Waals surface area contributed by atoms with Crippen molar-refractivity contribution in [2.45, 2.75) is 32.4 Å². The van der Waals surface area contributed by atoms with Gasteiger partial charge in [0.1, 0.15) is 5.67 Å². The summed E-state index contributed by atoms with van der Waals surface area (Å²) >= 11 is 0. The third-order valence-corrected chi connectivity index (χ3v) is 2.66. The van der Waals surface area contributed by atoms with E-state index in [0.29, 0.717) is 6.42 Å². The van der Waals surface area contributed by atoms with Gasteiger partial charge in [-0.25, -0.2) is 4.39 Å². The van der Waals surface area contributed by atoms with E-state index in [1.165, 1.54) is 0 Å². The van der Waals surface area contributed by atoms with Gasteiger partial charge in [0.2, 0.25) is 0 Å². The Kier molecular flexibility index (Phi) is 1.31. The quantitative estimate of drug-likeness (QED) is 0.603. The van der Waals surface area contributed by atoms with Crippen LogP contribution in [0.15, 0.2) is 0 Å². The highest BCUT2D eigenvalue weighted by atomic mass is 19.1. The number of aliphatic hydroxyl groups is 1. The van der Waals surface area contributed by atoms with Gasteiger partial charge in [0.05, 0.1) is 6.61 Å². The van der Waals surface area contributed by atoms with Gasteiger partial charge in [0.15, 0.2) is 0 Å². The van der Waals surface area contributed by atoms with E-state index in [0.717, 1.165) is 6.42 Å². The van der Waals surface area contributed by atoms with Gasteiger partial charge in [-0.1, -0.05) is 13.8 Å². The number of alkyl halides is 1. The molecule has 1 fully saturated rings. The van der Waals surface area contributed by atoms with Crippen LogP contribution in [0.1, 0.15) is 26.7 Å². The molecule has 1 rings (SSSR count). The number of halogens is 1. The predicted molar refractivity (Wildman–Crippen MR) is 33.9 cm³/mol. The van der Waals surface area contributed by atoms with E-state index < -0.39 is 5.67 Å². The summed E-state index contributed by atoms with van der Waals surface area (Å²) in [4.78, 5) is 0. The molecule has 0 saturated heterocycles. The normalized spacial score (nSPS) is 49.3. The van der Waals surface area contributed by atoms with Gasteiger partial charge in [-0.05, 0) is 12.8 Å². The third-order valence-electron chi connectivity index (χ3n) is 2.66. The van der Waals surface area contributed by atoms with E-state index >= 15 is 0 Å². The van der Waals surface area contributed by atoms with E-state index in [1.54, 1.807) is 0 Å². The molecule has 9 heavy (non-hydrogen) atoms. The Morgan fingerprint density at radius 3 is 2.33 bits per heavy atom. The highest BCUT2D eigenvalue weighted by Crippen LogP contribution is 2.60. The van der Waals surface area contributed by atoms with Crippen LogP contribution in [-0.2, 0) is 0 Å². The predicted octanol–water partition coefficient (Wildman–Crippen LogP) is 1.51. The minimum atomic E-state index is -1.25. The zero-order valence-corrected chi connectivity index (χ0v) is 5.95. The second-order valence-electron chi connectivity index (χ2n) is 3.21. The lowest BCUT2D eigenvalue weighted by molar-refractivity contribution is 0.122. The number of rotatable bonds is 2. The van der Waals surface area contributed by atoms with Gasteiger partial charge in [-0.15, -0.1) is 0 Å². The highest BCUT2D eigenvalue weighted by molar-refractivity contribution is 5.12. The maximum Gasteiger partial charge on any atom is 0.140 e. The first kappa shape index (κ1) is 7.00. The molecule has 0 aromatic carbocycles. The summed E-state index contributed by atoms with van der Waals surface area (Å²) in [5.74, 6) is 0. The largest absolute Gasteiger partial charge is 0.393 e. The fourth-order valence-corrected chi connectivity index (χ4v) is 1.26. The molecule has 54 valence electrons. The van der Waals surface area contributed by atoms with E-state index in [2.05, 4.69) is 0 Å². The Morgan fingerprint density at radius 2 is 2.22 bits per heavy atom.